The largest absolute Gasteiger partial charge is 0.465 e. The van der Waals surface area contributed by atoms with Crippen LogP contribution in [0, 0.1) is 0 Å². The van der Waals surface area contributed by atoms with E-state index in [9.17, 15) is 9.59 Å². The van der Waals surface area contributed by atoms with Crippen LogP contribution in [-0.2, 0) is 9.53 Å². The maximum absolute atomic E-state index is 13.3. The molecular formula is C25H18ClNO3. The third-order valence-electron chi connectivity index (χ3n) is 4.79. The van der Waals surface area contributed by atoms with Gasteiger partial charge in [-0.1, -0.05) is 54.1 Å². The third kappa shape index (κ3) is 3.91. The lowest BCUT2D eigenvalue weighted by Gasteiger charge is -2.21. The van der Waals surface area contributed by atoms with Crippen molar-refractivity contribution in [1.29, 1.82) is 0 Å². The molecule has 1 aliphatic rings. The average Bonchev–Trinajstić information content (AvgIpc) is 3.11. The number of methoxy groups -OCH3 is 1. The molecule has 0 fully saturated rings. The van der Waals surface area contributed by atoms with Crippen LogP contribution >= 0.6 is 11.6 Å². The molecule has 3 aromatic rings. The second kappa shape index (κ2) is 8.39. The molecule has 30 heavy (non-hydrogen) atoms. The Balaban J connectivity index is 1.76. The molecule has 4 nitrogen and oxygen atoms in total. The number of hydrogen-bond acceptors (Lipinski definition) is 3. The summed E-state index contributed by atoms with van der Waals surface area (Å²) < 4.78 is 4.76. The zero-order chi connectivity index (χ0) is 21.1. The second-order valence-corrected chi connectivity index (χ2v) is 7.16. The minimum atomic E-state index is -0.420. The van der Waals surface area contributed by atoms with Crippen LogP contribution in [0.15, 0.2) is 90.5 Å². The smallest absolute Gasteiger partial charge is 0.337 e. The van der Waals surface area contributed by atoms with Gasteiger partial charge in [-0.3, -0.25) is 9.69 Å². The van der Waals surface area contributed by atoms with E-state index in [1.807, 2.05) is 54.6 Å². The van der Waals surface area contributed by atoms with Crippen LogP contribution in [0.3, 0.4) is 0 Å². The summed E-state index contributed by atoms with van der Waals surface area (Å²) in [5.41, 5.74) is 4.23. The van der Waals surface area contributed by atoms with Crippen LogP contribution < -0.4 is 4.90 Å². The summed E-state index contributed by atoms with van der Waals surface area (Å²) >= 11 is 5.97. The molecule has 0 unspecified atom stereocenters. The van der Waals surface area contributed by atoms with Crippen molar-refractivity contribution in [3.8, 4) is 0 Å². The molecule has 0 aliphatic carbocycles. The molecule has 0 aromatic heterocycles. The number of anilines is 1. The highest BCUT2D eigenvalue weighted by Gasteiger charge is 2.30. The first-order valence-electron chi connectivity index (χ1n) is 9.34. The fourth-order valence-electron chi connectivity index (χ4n) is 3.30. The predicted molar refractivity (Wildman–Crippen MR) is 119 cm³/mol. The summed E-state index contributed by atoms with van der Waals surface area (Å²) in [5, 5.41) is 0.641. The predicted octanol–water partition coefficient (Wildman–Crippen LogP) is 5.60. The summed E-state index contributed by atoms with van der Waals surface area (Å²) in [6.07, 6.45) is 3.71. The van der Waals surface area contributed by atoms with Gasteiger partial charge in [-0.25, -0.2) is 4.79 Å². The van der Waals surface area contributed by atoms with Crippen molar-refractivity contribution in [1.82, 2.24) is 0 Å². The Bertz CT molecular complexity index is 1150. The molecule has 0 saturated heterocycles. The van der Waals surface area contributed by atoms with Crippen molar-refractivity contribution < 1.29 is 14.3 Å². The topological polar surface area (TPSA) is 46.6 Å². The van der Waals surface area contributed by atoms with Gasteiger partial charge in [-0.05, 0) is 59.7 Å². The van der Waals surface area contributed by atoms with Crippen LogP contribution in [-0.4, -0.2) is 19.0 Å². The Labute approximate surface area is 179 Å². The molecule has 0 bridgehead atoms. The van der Waals surface area contributed by atoms with Gasteiger partial charge in [0.25, 0.3) is 5.91 Å². The Morgan fingerprint density at radius 2 is 1.60 bits per heavy atom. The van der Waals surface area contributed by atoms with Crippen molar-refractivity contribution in [3.63, 3.8) is 0 Å². The number of rotatable bonds is 4. The number of hydrogen-bond donors (Lipinski definition) is 0. The third-order valence-corrected chi connectivity index (χ3v) is 5.04. The molecular weight excluding hydrogens is 398 g/mol. The Kier molecular flexibility index (Phi) is 5.50. The van der Waals surface area contributed by atoms with Gasteiger partial charge >= 0.3 is 5.97 Å². The number of ether oxygens (including phenoxy) is 1. The maximum atomic E-state index is 13.3. The fraction of sp³-hybridized carbons (Fsp3) is 0.0400. The Hall–Kier alpha value is -3.63. The first-order valence-corrected chi connectivity index (χ1v) is 9.72. The number of amides is 1. The van der Waals surface area contributed by atoms with Gasteiger partial charge in [-0.15, -0.1) is 0 Å². The molecule has 0 N–H and O–H groups in total. The van der Waals surface area contributed by atoms with Crippen molar-refractivity contribution >= 4 is 40.9 Å². The lowest BCUT2D eigenvalue weighted by molar-refractivity contribution is -0.113. The number of halogens is 1. The Morgan fingerprint density at radius 1 is 0.933 bits per heavy atom. The van der Waals surface area contributed by atoms with E-state index in [-0.39, 0.29) is 5.91 Å². The van der Waals surface area contributed by atoms with E-state index in [0.717, 1.165) is 16.8 Å². The summed E-state index contributed by atoms with van der Waals surface area (Å²) in [7, 11) is 1.34. The van der Waals surface area contributed by atoms with Gasteiger partial charge in [0.15, 0.2) is 0 Å². The van der Waals surface area contributed by atoms with Gasteiger partial charge < -0.3 is 4.74 Å². The lowest BCUT2D eigenvalue weighted by Crippen LogP contribution is -2.25. The zero-order valence-corrected chi connectivity index (χ0v) is 17.0. The highest BCUT2D eigenvalue weighted by atomic mass is 35.5. The number of benzene rings is 3. The normalized spacial score (nSPS) is 14.7. The first-order chi connectivity index (χ1) is 14.6. The zero-order valence-electron chi connectivity index (χ0n) is 16.2. The van der Waals surface area contributed by atoms with E-state index in [0.29, 0.717) is 21.8 Å². The quantitative estimate of drug-likeness (QED) is 0.411. The van der Waals surface area contributed by atoms with Gasteiger partial charge in [0.2, 0.25) is 0 Å². The standard InChI is InChI=1S/C25H18ClNO3/c1-30-25(29)19-9-13-22(14-10-19)27-23(18-5-3-2-4-6-18)16-20(24(27)28)15-17-7-11-21(26)12-8-17/h2-16H,1H3/b20-15+. The molecule has 5 heteroatoms. The minimum absolute atomic E-state index is 0.144. The summed E-state index contributed by atoms with van der Waals surface area (Å²) in [4.78, 5) is 26.7. The number of carbonyl (C=O) groups excluding carboxylic acids is 2. The van der Waals surface area contributed by atoms with Gasteiger partial charge in [0.05, 0.1) is 18.4 Å². The summed E-state index contributed by atoms with van der Waals surface area (Å²) in [6, 6.07) is 23.8. The molecule has 0 atom stereocenters. The van der Waals surface area contributed by atoms with E-state index in [1.165, 1.54) is 7.11 Å². The van der Waals surface area contributed by atoms with Crippen LogP contribution in [0.4, 0.5) is 5.69 Å². The van der Waals surface area contributed by atoms with Crippen LogP contribution in [0.1, 0.15) is 21.5 Å². The minimum Gasteiger partial charge on any atom is -0.465 e. The number of esters is 1. The second-order valence-electron chi connectivity index (χ2n) is 6.73. The van der Waals surface area contributed by atoms with Gasteiger partial charge in [0.1, 0.15) is 0 Å². The van der Waals surface area contributed by atoms with Crippen LogP contribution in [0.25, 0.3) is 11.8 Å². The van der Waals surface area contributed by atoms with Gasteiger partial charge in [-0.2, -0.15) is 0 Å². The van der Waals surface area contributed by atoms with Crippen molar-refractivity contribution in [2.24, 2.45) is 0 Å². The average molecular weight is 416 g/mol. The molecule has 4 rings (SSSR count). The highest BCUT2D eigenvalue weighted by molar-refractivity contribution is 6.30. The molecule has 148 valence electrons. The molecule has 1 heterocycles. The highest BCUT2D eigenvalue weighted by Crippen LogP contribution is 2.35. The van der Waals surface area contributed by atoms with Crippen molar-refractivity contribution in [3.05, 3.63) is 112 Å². The van der Waals surface area contributed by atoms with E-state index in [1.54, 1.807) is 41.3 Å². The van der Waals surface area contributed by atoms with E-state index in [2.05, 4.69) is 0 Å². The SMILES string of the molecule is COC(=O)c1ccc(N2C(=O)/C(=C/c3ccc(Cl)cc3)C=C2c2ccccc2)cc1. The van der Waals surface area contributed by atoms with Crippen LogP contribution in [0.5, 0.6) is 0 Å². The number of nitrogens with zero attached hydrogens (tertiary/aromatic N) is 1. The van der Waals surface area contributed by atoms with Crippen LogP contribution in [0.2, 0.25) is 5.02 Å². The maximum Gasteiger partial charge on any atom is 0.337 e. The van der Waals surface area contributed by atoms with E-state index in [4.69, 9.17) is 16.3 Å². The molecule has 1 aliphatic heterocycles. The molecule has 3 aromatic carbocycles. The molecule has 0 spiro atoms. The Morgan fingerprint density at radius 3 is 2.23 bits per heavy atom. The summed E-state index contributed by atoms with van der Waals surface area (Å²) in [6.45, 7) is 0. The fourth-order valence-corrected chi connectivity index (χ4v) is 3.42. The van der Waals surface area contributed by atoms with E-state index >= 15 is 0 Å². The monoisotopic (exact) mass is 415 g/mol. The van der Waals surface area contributed by atoms with Gasteiger partial charge in [0, 0.05) is 16.3 Å². The van der Waals surface area contributed by atoms with E-state index < -0.39 is 5.97 Å². The van der Waals surface area contributed by atoms with Crippen molar-refractivity contribution in [2.75, 3.05) is 12.0 Å². The first kappa shape index (κ1) is 19.7. The molecule has 0 radical (unpaired) electrons. The lowest BCUT2D eigenvalue weighted by atomic mass is 10.1. The number of carbonyl (C=O) groups is 2. The molecule has 1 amide bonds. The molecule has 0 saturated carbocycles. The van der Waals surface area contributed by atoms with Crippen molar-refractivity contribution in [2.45, 2.75) is 0 Å². The summed E-state index contributed by atoms with van der Waals surface area (Å²) in [5.74, 6) is -0.564.